The summed E-state index contributed by atoms with van der Waals surface area (Å²) in [5.74, 6) is -1.50. The molecule has 0 aliphatic heterocycles. The Bertz CT molecular complexity index is 1310. The second-order valence-electron chi connectivity index (χ2n) is 12.0. The Morgan fingerprint density at radius 3 is 1.21 bits per heavy atom. The van der Waals surface area contributed by atoms with E-state index >= 15 is 0 Å². The van der Waals surface area contributed by atoms with Crippen molar-refractivity contribution in [2.24, 2.45) is 0 Å². The van der Waals surface area contributed by atoms with Crippen molar-refractivity contribution in [1.29, 1.82) is 0 Å². The average molecular weight is 795 g/mol. The Labute approximate surface area is 328 Å². The van der Waals surface area contributed by atoms with Gasteiger partial charge in [0, 0.05) is 19.0 Å². The molecule has 1 aliphatic carbocycles. The third-order valence-corrected chi connectivity index (χ3v) is 7.86. The largest absolute Gasteiger partial charge is 0.480 e. The fourth-order valence-electron chi connectivity index (χ4n) is 5.28. The van der Waals surface area contributed by atoms with Gasteiger partial charge in [-0.1, -0.05) is 48.5 Å². The number of ether oxygens (including phenoxy) is 11. The number of carboxylic acid groups (broad SMARTS) is 1. The SMILES string of the molecule is O=C(O)COCC(=O)NCCOCCOCCOCCOCCOCCOCCOCCOCCOCCNC(=O)OCC1c2ccccc2-c2ccccc21. The number of alkyl carbamates (subject to hydrolysis) is 1. The number of carbonyl (C=O) groups is 3. The maximum absolute atomic E-state index is 12.2. The number of amides is 2. The fraction of sp³-hybridized carbons (Fsp3) is 0.615. The van der Waals surface area contributed by atoms with Crippen molar-refractivity contribution in [3.63, 3.8) is 0 Å². The standard InChI is InChI=1S/C39H58N2O15/c42-37(30-55-31-38(43)44)40-9-11-46-13-15-48-17-19-50-21-23-52-25-27-54-28-26-53-24-22-51-20-18-49-16-14-47-12-10-41-39(45)56-29-36-34-7-3-1-5-32(34)33-6-2-4-8-35(33)36/h1-8,36H,9-31H2,(H,40,42)(H,41,45)(H,43,44). The Balaban J connectivity index is 0.948. The van der Waals surface area contributed by atoms with Crippen LogP contribution < -0.4 is 10.6 Å². The molecule has 0 atom stereocenters. The van der Waals surface area contributed by atoms with Gasteiger partial charge in [0.15, 0.2) is 0 Å². The minimum Gasteiger partial charge on any atom is -0.480 e. The summed E-state index contributed by atoms with van der Waals surface area (Å²) in [6.45, 7) is 7.79. The van der Waals surface area contributed by atoms with Crippen molar-refractivity contribution in [2.45, 2.75) is 5.92 Å². The van der Waals surface area contributed by atoms with E-state index in [1.54, 1.807) is 0 Å². The fourth-order valence-corrected chi connectivity index (χ4v) is 5.28. The zero-order valence-electron chi connectivity index (χ0n) is 32.1. The highest BCUT2D eigenvalue weighted by Crippen LogP contribution is 2.44. The van der Waals surface area contributed by atoms with E-state index in [0.29, 0.717) is 132 Å². The number of fused-ring (bicyclic) bond motifs is 3. The molecule has 0 heterocycles. The van der Waals surface area contributed by atoms with Gasteiger partial charge < -0.3 is 67.8 Å². The van der Waals surface area contributed by atoms with Gasteiger partial charge in [-0.3, -0.25) is 4.79 Å². The monoisotopic (exact) mass is 794 g/mol. The number of aliphatic carboxylic acids is 1. The highest BCUT2D eigenvalue weighted by molar-refractivity contribution is 5.79. The zero-order chi connectivity index (χ0) is 39.7. The van der Waals surface area contributed by atoms with Crippen LogP contribution in [0.5, 0.6) is 0 Å². The molecule has 0 spiro atoms. The van der Waals surface area contributed by atoms with E-state index in [-0.39, 0.29) is 19.1 Å². The third kappa shape index (κ3) is 21.5. The summed E-state index contributed by atoms with van der Waals surface area (Å²) in [6.07, 6.45) is -0.462. The third-order valence-electron chi connectivity index (χ3n) is 7.86. The lowest BCUT2D eigenvalue weighted by Crippen LogP contribution is -2.31. The predicted molar refractivity (Wildman–Crippen MR) is 202 cm³/mol. The van der Waals surface area contributed by atoms with E-state index < -0.39 is 24.6 Å². The lowest BCUT2D eigenvalue weighted by Gasteiger charge is -2.14. The lowest BCUT2D eigenvalue weighted by molar-refractivity contribution is -0.143. The minimum absolute atomic E-state index is 0.0281. The van der Waals surface area contributed by atoms with Gasteiger partial charge >= 0.3 is 12.1 Å². The average Bonchev–Trinajstić information content (AvgIpc) is 3.52. The highest BCUT2D eigenvalue weighted by Gasteiger charge is 2.29. The van der Waals surface area contributed by atoms with Gasteiger partial charge in [-0.25, -0.2) is 9.59 Å². The van der Waals surface area contributed by atoms with Crippen LogP contribution in [0.2, 0.25) is 0 Å². The molecule has 0 aromatic heterocycles. The Hall–Kier alpha value is -3.75. The van der Waals surface area contributed by atoms with Crippen molar-refractivity contribution in [2.75, 3.05) is 152 Å². The molecule has 1 aliphatic rings. The van der Waals surface area contributed by atoms with E-state index in [2.05, 4.69) is 39.6 Å². The van der Waals surface area contributed by atoms with Crippen LogP contribution in [0.15, 0.2) is 48.5 Å². The normalized spacial score (nSPS) is 12.0. The van der Waals surface area contributed by atoms with Crippen molar-refractivity contribution in [3.05, 3.63) is 59.7 Å². The molecule has 0 saturated heterocycles. The van der Waals surface area contributed by atoms with Crippen LogP contribution in [-0.2, 0) is 61.7 Å². The van der Waals surface area contributed by atoms with Crippen molar-refractivity contribution in [3.8, 4) is 11.1 Å². The molecule has 2 aromatic carbocycles. The maximum atomic E-state index is 12.2. The maximum Gasteiger partial charge on any atom is 0.407 e. The van der Waals surface area contributed by atoms with E-state index in [1.165, 1.54) is 22.3 Å². The summed E-state index contributed by atoms with van der Waals surface area (Å²) in [6, 6.07) is 16.5. The van der Waals surface area contributed by atoms with Gasteiger partial charge in [0.25, 0.3) is 0 Å². The van der Waals surface area contributed by atoms with E-state index in [9.17, 15) is 14.4 Å². The molecular formula is C39H58N2O15. The van der Waals surface area contributed by atoms with E-state index in [1.807, 2.05) is 24.3 Å². The molecule has 314 valence electrons. The smallest absolute Gasteiger partial charge is 0.407 e. The second-order valence-corrected chi connectivity index (χ2v) is 12.0. The molecular weight excluding hydrogens is 736 g/mol. The first-order valence-electron chi connectivity index (χ1n) is 18.9. The molecule has 0 fully saturated rings. The van der Waals surface area contributed by atoms with Crippen LogP contribution in [-0.4, -0.2) is 175 Å². The number of hydrogen-bond donors (Lipinski definition) is 3. The van der Waals surface area contributed by atoms with Gasteiger partial charge in [-0.05, 0) is 22.3 Å². The summed E-state index contributed by atoms with van der Waals surface area (Å²) >= 11 is 0. The highest BCUT2D eigenvalue weighted by atomic mass is 16.6. The van der Waals surface area contributed by atoms with Gasteiger partial charge in [0.1, 0.15) is 19.8 Å². The van der Waals surface area contributed by atoms with Gasteiger partial charge in [-0.2, -0.15) is 0 Å². The quantitative estimate of drug-likeness (QED) is 0.0846. The topological polar surface area (TPSA) is 197 Å². The van der Waals surface area contributed by atoms with Crippen LogP contribution in [0.3, 0.4) is 0 Å². The summed E-state index contributed by atoms with van der Waals surface area (Å²) in [5.41, 5.74) is 4.74. The zero-order valence-corrected chi connectivity index (χ0v) is 32.1. The molecule has 17 nitrogen and oxygen atoms in total. The summed E-state index contributed by atoms with van der Waals surface area (Å²) in [4.78, 5) is 33.9. The summed E-state index contributed by atoms with van der Waals surface area (Å²) in [7, 11) is 0. The lowest BCUT2D eigenvalue weighted by atomic mass is 9.98. The van der Waals surface area contributed by atoms with Crippen LogP contribution >= 0.6 is 0 Å². The molecule has 17 heteroatoms. The van der Waals surface area contributed by atoms with Crippen LogP contribution in [0.4, 0.5) is 4.79 Å². The molecule has 2 amide bonds. The second kappa shape index (κ2) is 31.3. The Kier molecular flexibility index (Phi) is 26.1. The van der Waals surface area contributed by atoms with Crippen LogP contribution in [0.25, 0.3) is 11.1 Å². The molecule has 0 radical (unpaired) electrons. The predicted octanol–water partition coefficient (Wildman–Crippen LogP) is 1.89. The van der Waals surface area contributed by atoms with Crippen molar-refractivity contribution < 1.29 is 71.6 Å². The van der Waals surface area contributed by atoms with Gasteiger partial charge in [-0.15, -0.1) is 0 Å². The molecule has 3 rings (SSSR count). The summed E-state index contributed by atoms with van der Waals surface area (Å²) in [5, 5.41) is 13.7. The summed E-state index contributed by atoms with van der Waals surface area (Å²) < 4.78 is 59.3. The Morgan fingerprint density at radius 1 is 0.464 bits per heavy atom. The van der Waals surface area contributed by atoms with Crippen molar-refractivity contribution >= 4 is 18.0 Å². The number of rotatable bonds is 36. The number of benzene rings is 2. The van der Waals surface area contributed by atoms with Crippen molar-refractivity contribution in [1.82, 2.24) is 10.6 Å². The minimum atomic E-state index is -1.13. The first-order valence-corrected chi connectivity index (χ1v) is 18.9. The number of carbonyl (C=O) groups excluding carboxylic acids is 2. The van der Waals surface area contributed by atoms with Crippen LogP contribution in [0, 0.1) is 0 Å². The molecule has 0 bridgehead atoms. The number of hydrogen-bond acceptors (Lipinski definition) is 14. The van der Waals surface area contributed by atoms with Crippen LogP contribution in [0.1, 0.15) is 17.0 Å². The first-order chi connectivity index (χ1) is 27.6. The van der Waals surface area contributed by atoms with E-state index in [4.69, 9.17) is 52.5 Å². The Morgan fingerprint density at radius 2 is 0.821 bits per heavy atom. The molecule has 3 N–H and O–H groups in total. The molecule has 2 aromatic rings. The molecule has 0 unspecified atom stereocenters. The van der Waals surface area contributed by atoms with E-state index in [0.717, 1.165) is 0 Å². The molecule has 0 saturated carbocycles. The van der Waals surface area contributed by atoms with Gasteiger partial charge in [0.2, 0.25) is 5.91 Å². The first kappa shape index (κ1) is 46.6. The van der Waals surface area contributed by atoms with Gasteiger partial charge in [0.05, 0.1) is 119 Å². The number of nitrogens with one attached hydrogen (secondary N) is 2. The molecule has 56 heavy (non-hydrogen) atoms. The number of carboxylic acids is 1.